The molecule has 3 nitrogen and oxygen atoms in total. The van der Waals surface area contributed by atoms with E-state index >= 15 is 0 Å². The highest BCUT2D eigenvalue weighted by molar-refractivity contribution is 6.99. The molecule has 0 amide bonds. The molecule has 29 heavy (non-hydrogen) atoms. The van der Waals surface area contributed by atoms with Gasteiger partial charge in [-0.15, -0.1) is 0 Å². The van der Waals surface area contributed by atoms with Gasteiger partial charge < -0.3 is 14.0 Å². The van der Waals surface area contributed by atoms with Crippen LogP contribution in [0.3, 0.4) is 0 Å². The zero-order chi connectivity index (χ0) is 21.3. The van der Waals surface area contributed by atoms with Crippen LogP contribution >= 0.6 is 0 Å². The Kier molecular flexibility index (Phi) is 8.56. The van der Waals surface area contributed by atoms with E-state index in [-0.39, 0.29) is 5.04 Å². The molecule has 0 aromatic heterocycles. The van der Waals surface area contributed by atoms with Gasteiger partial charge in [-0.1, -0.05) is 87.0 Å². The lowest BCUT2D eigenvalue weighted by molar-refractivity contribution is -0.107. The van der Waals surface area contributed by atoms with Gasteiger partial charge in [0.15, 0.2) is 0 Å². The number of hydrogen-bond donors (Lipinski definition) is 0. The first-order chi connectivity index (χ1) is 13.9. The van der Waals surface area contributed by atoms with Gasteiger partial charge >= 0.3 is 0 Å². The van der Waals surface area contributed by atoms with Crippen molar-refractivity contribution in [1.29, 1.82) is 0 Å². The number of hydrogen-bond acceptors (Lipinski definition) is 3. The number of allylic oxidation sites excluding steroid dienone is 1. The molecule has 156 valence electrons. The molecular weight excluding hydrogens is 376 g/mol. The van der Waals surface area contributed by atoms with Gasteiger partial charge in [-0.3, -0.25) is 0 Å². The number of rotatable bonds is 10. The fraction of sp³-hybridized carbons (Fsp3) is 0.400. The average Bonchev–Trinajstić information content (AvgIpc) is 2.72. The Morgan fingerprint density at radius 3 is 1.86 bits per heavy atom. The summed E-state index contributed by atoms with van der Waals surface area (Å²) in [6.07, 6.45) is 2.24. The van der Waals surface area contributed by atoms with Crippen molar-refractivity contribution in [3.63, 3.8) is 0 Å². The molecule has 0 saturated heterocycles. The molecule has 2 aromatic carbocycles. The molecule has 0 radical (unpaired) electrons. The molecule has 0 spiro atoms. The van der Waals surface area contributed by atoms with E-state index in [1.54, 1.807) is 7.11 Å². The molecular formula is C25H34O3Si. The number of benzene rings is 2. The third-order valence-electron chi connectivity index (χ3n) is 5.44. The number of methoxy groups -OCH3 is 1. The summed E-state index contributed by atoms with van der Waals surface area (Å²) in [4.78, 5) is 10.8. The maximum Gasteiger partial charge on any atom is 0.261 e. The van der Waals surface area contributed by atoms with E-state index in [0.717, 1.165) is 18.3 Å². The SMILES string of the molecule is COC/C(CO[Si](c1ccccc1)(c1ccccc1)C(C)(C)C)=C(\C)CCC=O. The number of carbonyl (C=O) groups is 1. The maximum absolute atomic E-state index is 10.8. The lowest BCUT2D eigenvalue weighted by atomic mass is 10.1. The van der Waals surface area contributed by atoms with Crippen molar-refractivity contribution in [3.05, 3.63) is 71.8 Å². The van der Waals surface area contributed by atoms with Crippen molar-refractivity contribution in [2.45, 2.75) is 45.6 Å². The van der Waals surface area contributed by atoms with Crippen molar-refractivity contribution in [3.8, 4) is 0 Å². The molecule has 0 aliphatic rings. The Labute approximate surface area is 176 Å². The summed E-state index contributed by atoms with van der Waals surface area (Å²) in [5.41, 5.74) is 2.30. The summed E-state index contributed by atoms with van der Waals surface area (Å²) in [5, 5.41) is 2.46. The summed E-state index contributed by atoms with van der Waals surface area (Å²) in [6.45, 7) is 9.93. The molecule has 0 aliphatic carbocycles. The largest absolute Gasteiger partial charge is 0.403 e. The Hall–Kier alpha value is -2.01. The van der Waals surface area contributed by atoms with E-state index in [4.69, 9.17) is 9.16 Å². The van der Waals surface area contributed by atoms with Gasteiger partial charge in [0.2, 0.25) is 0 Å². The Bertz CT molecular complexity index is 752. The van der Waals surface area contributed by atoms with E-state index in [9.17, 15) is 4.79 Å². The van der Waals surface area contributed by atoms with Crippen molar-refractivity contribution >= 4 is 25.0 Å². The molecule has 0 heterocycles. The van der Waals surface area contributed by atoms with Crippen LogP contribution in [0.4, 0.5) is 0 Å². The molecule has 0 N–H and O–H groups in total. The summed E-state index contributed by atoms with van der Waals surface area (Å²) in [5.74, 6) is 0. The molecule has 0 aliphatic heterocycles. The van der Waals surface area contributed by atoms with Crippen molar-refractivity contribution in [2.75, 3.05) is 20.3 Å². The monoisotopic (exact) mass is 410 g/mol. The summed E-state index contributed by atoms with van der Waals surface area (Å²) < 4.78 is 12.5. The zero-order valence-corrected chi connectivity index (χ0v) is 19.4. The first kappa shape index (κ1) is 23.3. The third kappa shape index (κ3) is 5.53. The standard InChI is InChI=1S/C25H34O3Si/c1-21(13-12-18-26)22(19-27-5)20-28-29(25(2,3)4,23-14-8-6-9-15-23)24-16-10-7-11-17-24/h6-11,14-18H,12-13,19-20H2,1-5H3/b22-21-. The van der Waals surface area contributed by atoms with Gasteiger partial charge in [0.05, 0.1) is 13.2 Å². The highest BCUT2D eigenvalue weighted by atomic mass is 28.4. The number of ether oxygens (including phenoxy) is 1. The van der Waals surface area contributed by atoms with Gasteiger partial charge in [-0.25, -0.2) is 0 Å². The second kappa shape index (κ2) is 10.7. The quantitative estimate of drug-likeness (QED) is 0.328. The lowest BCUT2D eigenvalue weighted by Gasteiger charge is -2.43. The summed E-state index contributed by atoms with van der Waals surface area (Å²) >= 11 is 0. The van der Waals surface area contributed by atoms with Crippen LogP contribution in [0.5, 0.6) is 0 Å². The van der Waals surface area contributed by atoms with E-state index in [2.05, 4.69) is 88.4 Å². The van der Waals surface area contributed by atoms with Crippen LogP contribution in [0.2, 0.25) is 5.04 Å². The first-order valence-corrected chi connectivity index (χ1v) is 12.1. The topological polar surface area (TPSA) is 35.5 Å². The number of carbonyl (C=O) groups excluding carboxylic acids is 1. The van der Waals surface area contributed by atoms with Gasteiger partial charge in [-0.2, -0.15) is 0 Å². The average molecular weight is 411 g/mol. The third-order valence-corrected chi connectivity index (χ3v) is 10.4. The predicted molar refractivity (Wildman–Crippen MR) is 123 cm³/mol. The van der Waals surface area contributed by atoms with Crippen LogP contribution in [0, 0.1) is 0 Å². The molecule has 0 fully saturated rings. The molecule has 2 rings (SSSR count). The van der Waals surface area contributed by atoms with Crippen LogP contribution in [0.1, 0.15) is 40.5 Å². The first-order valence-electron chi connectivity index (χ1n) is 10.2. The van der Waals surface area contributed by atoms with Crippen LogP contribution < -0.4 is 10.4 Å². The minimum atomic E-state index is -2.58. The van der Waals surface area contributed by atoms with Crippen LogP contribution in [-0.4, -0.2) is 34.9 Å². The van der Waals surface area contributed by atoms with E-state index < -0.39 is 8.32 Å². The normalized spacial score (nSPS) is 13.1. The van der Waals surface area contributed by atoms with E-state index in [0.29, 0.717) is 19.6 Å². The lowest BCUT2D eigenvalue weighted by Crippen LogP contribution is -2.66. The van der Waals surface area contributed by atoms with Gasteiger partial charge in [0, 0.05) is 13.5 Å². The summed E-state index contributed by atoms with van der Waals surface area (Å²) in [6, 6.07) is 21.3. The van der Waals surface area contributed by atoms with E-state index in [1.165, 1.54) is 15.9 Å². The second-order valence-corrected chi connectivity index (χ2v) is 12.8. The van der Waals surface area contributed by atoms with Crippen LogP contribution in [0.25, 0.3) is 0 Å². The molecule has 0 bridgehead atoms. The number of aldehydes is 1. The van der Waals surface area contributed by atoms with Gasteiger partial charge in [0.25, 0.3) is 8.32 Å². The van der Waals surface area contributed by atoms with Gasteiger partial charge in [0.1, 0.15) is 6.29 Å². The highest BCUT2D eigenvalue weighted by Gasteiger charge is 2.50. The van der Waals surface area contributed by atoms with Crippen LogP contribution in [-0.2, 0) is 14.0 Å². The molecule has 0 saturated carbocycles. The Morgan fingerprint density at radius 1 is 0.931 bits per heavy atom. The second-order valence-electron chi connectivity index (χ2n) is 8.47. The molecule has 2 aromatic rings. The smallest absolute Gasteiger partial charge is 0.261 e. The molecule has 4 heteroatoms. The maximum atomic E-state index is 10.8. The highest BCUT2D eigenvalue weighted by Crippen LogP contribution is 2.37. The fourth-order valence-electron chi connectivity index (χ4n) is 3.87. The molecule has 0 atom stereocenters. The minimum absolute atomic E-state index is 0.0649. The van der Waals surface area contributed by atoms with Crippen molar-refractivity contribution in [1.82, 2.24) is 0 Å². The molecule has 0 unspecified atom stereocenters. The Balaban J connectivity index is 2.54. The fourth-order valence-corrected chi connectivity index (χ4v) is 8.42. The minimum Gasteiger partial charge on any atom is -0.403 e. The predicted octanol–water partition coefficient (Wildman–Crippen LogP) is 4.51. The van der Waals surface area contributed by atoms with Crippen LogP contribution in [0.15, 0.2) is 71.8 Å². The van der Waals surface area contributed by atoms with Gasteiger partial charge in [-0.05, 0) is 34.3 Å². The van der Waals surface area contributed by atoms with Crippen molar-refractivity contribution < 1.29 is 14.0 Å². The zero-order valence-electron chi connectivity index (χ0n) is 18.4. The Morgan fingerprint density at radius 2 is 1.45 bits per heavy atom. The van der Waals surface area contributed by atoms with Crippen molar-refractivity contribution in [2.24, 2.45) is 0 Å². The summed E-state index contributed by atoms with van der Waals surface area (Å²) in [7, 11) is -0.873. The van der Waals surface area contributed by atoms with E-state index in [1.807, 2.05) is 0 Å².